The summed E-state index contributed by atoms with van der Waals surface area (Å²) in [4.78, 5) is 0. The predicted octanol–water partition coefficient (Wildman–Crippen LogP) is 2.42. The Morgan fingerprint density at radius 3 is 2.15 bits per heavy atom. The van der Waals surface area contributed by atoms with Gasteiger partial charge in [0, 0.05) is 17.2 Å². The van der Waals surface area contributed by atoms with Gasteiger partial charge in [0.15, 0.2) is 7.05 Å². The summed E-state index contributed by atoms with van der Waals surface area (Å²) in [5.74, 6) is -0.201. The van der Waals surface area contributed by atoms with E-state index in [4.69, 9.17) is 0 Å². The van der Waals surface area contributed by atoms with E-state index in [1.165, 1.54) is 6.07 Å². The minimum Gasteiger partial charge on any atom is -0.726 e. The van der Waals surface area contributed by atoms with E-state index >= 15 is 0 Å². The molecule has 0 atom stereocenters. The van der Waals surface area contributed by atoms with E-state index in [1.54, 1.807) is 12.1 Å². The Labute approximate surface area is 152 Å². The number of nitrogens with zero attached hydrogens (tertiary/aromatic N) is 2. The van der Waals surface area contributed by atoms with Gasteiger partial charge in [-0.25, -0.2) is 12.8 Å². The van der Waals surface area contributed by atoms with Gasteiger partial charge in [-0.15, -0.1) is 4.68 Å². The van der Waals surface area contributed by atoms with Crippen molar-refractivity contribution in [3.05, 3.63) is 66.5 Å². The molecule has 0 aliphatic heterocycles. The predicted molar refractivity (Wildman–Crippen MR) is 94.1 cm³/mol. The van der Waals surface area contributed by atoms with Crippen molar-refractivity contribution in [1.82, 2.24) is 4.68 Å². The Balaban J connectivity index is 0.000000352. The lowest BCUT2D eigenvalue weighted by Gasteiger charge is -2.01. The zero-order valence-electron chi connectivity index (χ0n) is 14.6. The van der Waals surface area contributed by atoms with E-state index in [9.17, 15) is 17.4 Å². The lowest BCUT2D eigenvalue weighted by Crippen LogP contribution is -2.39. The zero-order valence-corrected chi connectivity index (χ0v) is 15.4. The van der Waals surface area contributed by atoms with Crippen LogP contribution in [0, 0.1) is 5.82 Å². The number of halogens is 1. The maximum Gasteiger partial charge on any atom is 0.238 e. The monoisotopic (exact) mass is 378 g/mol. The third-order valence-corrected chi connectivity index (χ3v) is 4.25. The summed E-state index contributed by atoms with van der Waals surface area (Å²) in [6.07, 6.45) is 0. The van der Waals surface area contributed by atoms with E-state index in [0.717, 1.165) is 24.1 Å². The smallest absolute Gasteiger partial charge is 0.238 e. The van der Waals surface area contributed by atoms with Crippen molar-refractivity contribution in [3.8, 4) is 22.5 Å². The molecule has 0 saturated carbocycles. The summed E-state index contributed by atoms with van der Waals surface area (Å²) in [7, 11) is 0.313. The Bertz CT molecular complexity index is 986. The Morgan fingerprint density at radius 1 is 1.08 bits per heavy atom. The number of hydrogen-bond acceptors (Lipinski definition) is 4. The Hall–Kier alpha value is -2.55. The van der Waals surface area contributed by atoms with Gasteiger partial charge in [-0.2, -0.15) is 4.68 Å². The molecule has 1 aromatic heterocycles. The summed E-state index contributed by atoms with van der Waals surface area (Å²) in [6, 6.07) is 19.0. The highest BCUT2D eigenvalue weighted by molar-refractivity contribution is 7.80. The van der Waals surface area contributed by atoms with Crippen LogP contribution in [0.2, 0.25) is 0 Å². The summed E-state index contributed by atoms with van der Waals surface area (Å²) >= 11 is 0. The number of benzene rings is 2. The average molecular weight is 378 g/mol. The highest BCUT2D eigenvalue weighted by atomic mass is 32.3. The molecule has 0 bridgehead atoms. The van der Waals surface area contributed by atoms with Crippen molar-refractivity contribution < 1.29 is 26.2 Å². The molecule has 26 heavy (non-hydrogen) atoms. The molecule has 0 saturated heterocycles. The maximum atomic E-state index is 14.0. The van der Waals surface area contributed by atoms with E-state index in [-0.39, 0.29) is 5.82 Å². The summed E-state index contributed by atoms with van der Waals surface area (Å²) in [5.41, 5.74) is 3.66. The number of aromatic nitrogens is 2. The van der Waals surface area contributed by atoms with Gasteiger partial charge >= 0.3 is 0 Å². The van der Waals surface area contributed by atoms with Crippen LogP contribution in [-0.2, 0) is 28.7 Å². The second-order valence-electron chi connectivity index (χ2n) is 5.38. The standard InChI is InChI=1S/C17H16FN2.CH4O4S/c1-19-16(13-8-4-3-5-9-13)12-17(20(19)2)14-10-6-7-11-15(14)18;1-5-6(2,3)4/h3-12H,1-2H3;1H3,(H,2,3,4)/q+1;/p-1. The van der Waals surface area contributed by atoms with Crippen molar-refractivity contribution in [1.29, 1.82) is 0 Å². The molecule has 1 heterocycles. The van der Waals surface area contributed by atoms with E-state index in [0.29, 0.717) is 5.56 Å². The zero-order chi connectivity index (χ0) is 19.3. The van der Waals surface area contributed by atoms with Crippen LogP contribution in [0.5, 0.6) is 0 Å². The maximum absolute atomic E-state index is 14.0. The first-order chi connectivity index (χ1) is 12.2. The fourth-order valence-electron chi connectivity index (χ4n) is 2.44. The highest BCUT2D eigenvalue weighted by Crippen LogP contribution is 2.25. The molecule has 0 unspecified atom stereocenters. The van der Waals surface area contributed by atoms with Gasteiger partial charge in [0.1, 0.15) is 11.5 Å². The van der Waals surface area contributed by atoms with Crippen LogP contribution in [-0.4, -0.2) is 24.8 Å². The number of hydrogen-bond donors (Lipinski definition) is 0. The van der Waals surface area contributed by atoms with Crippen LogP contribution < -0.4 is 4.68 Å². The first-order valence-electron chi connectivity index (χ1n) is 7.62. The lowest BCUT2D eigenvalue weighted by atomic mass is 10.1. The van der Waals surface area contributed by atoms with Gasteiger partial charge in [0.25, 0.3) is 0 Å². The Morgan fingerprint density at radius 2 is 1.62 bits per heavy atom. The SMILES string of the molecule is COS(=O)(=O)[O-].Cn1c(-c2ccccc2F)cc(-c2ccccc2)[n+]1C. The largest absolute Gasteiger partial charge is 0.726 e. The van der Waals surface area contributed by atoms with Gasteiger partial charge in [0.05, 0.1) is 14.2 Å². The lowest BCUT2D eigenvalue weighted by molar-refractivity contribution is -0.740. The molecule has 8 heteroatoms. The molecule has 2 aromatic carbocycles. The van der Waals surface area contributed by atoms with Gasteiger partial charge in [-0.3, -0.25) is 4.18 Å². The summed E-state index contributed by atoms with van der Waals surface area (Å²) < 4.78 is 49.0. The normalized spacial score (nSPS) is 11.0. The van der Waals surface area contributed by atoms with Crippen molar-refractivity contribution in [3.63, 3.8) is 0 Å². The van der Waals surface area contributed by atoms with Gasteiger partial charge in [-0.05, 0) is 24.3 Å². The molecule has 3 rings (SSSR count). The molecule has 0 N–H and O–H groups in total. The highest BCUT2D eigenvalue weighted by Gasteiger charge is 2.21. The third kappa shape index (κ3) is 4.75. The van der Waals surface area contributed by atoms with Gasteiger partial charge < -0.3 is 4.55 Å². The minimum absolute atomic E-state index is 0.201. The average Bonchev–Trinajstić information content (AvgIpc) is 2.92. The molecule has 0 fully saturated rings. The van der Waals surface area contributed by atoms with Crippen molar-refractivity contribution in [2.75, 3.05) is 7.11 Å². The van der Waals surface area contributed by atoms with Crippen molar-refractivity contribution >= 4 is 10.4 Å². The molecule has 3 aromatic rings. The second-order valence-corrected chi connectivity index (χ2v) is 6.53. The van der Waals surface area contributed by atoms with Crippen LogP contribution in [0.3, 0.4) is 0 Å². The molecule has 0 aliphatic carbocycles. The molecule has 0 radical (unpaired) electrons. The molecule has 0 aliphatic rings. The molecular weight excluding hydrogens is 359 g/mol. The molecule has 138 valence electrons. The first-order valence-corrected chi connectivity index (χ1v) is 8.95. The van der Waals surface area contributed by atoms with Crippen LogP contribution >= 0.6 is 0 Å². The van der Waals surface area contributed by atoms with Crippen molar-refractivity contribution in [2.45, 2.75) is 0 Å². The first kappa shape index (κ1) is 19.8. The fraction of sp³-hybridized carbons (Fsp3) is 0.167. The van der Waals surface area contributed by atoms with Gasteiger partial charge in [-0.1, -0.05) is 30.3 Å². The third-order valence-electron chi connectivity index (χ3n) is 3.84. The van der Waals surface area contributed by atoms with E-state index in [1.807, 2.05) is 53.8 Å². The van der Waals surface area contributed by atoms with Crippen LogP contribution in [0.15, 0.2) is 60.7 Å². The second kappa shape index (κ2) is 8.22. The van der Waals surface area contributed by atoms with E-state index < -0.39 is 10.4 Å². The molecule has 0 amide bonds. The quantitative estimate of drug-likeness (QED) is 0.398. The molecule has 0 spiro atoms. The van der Waals surface area contributed by atoms with Crippen molar-refractivity contribution in [2.24, 2.45) is 14.1 Å². The topological polar surface area (TPSA) is 75.2 Å². The molecule has 6 nitrogen and oxygen atoms in total. The van der Waals surface area contributed by atoms with Gasteiger partial charge in [0.2, 0.25) is 16.1 Å². The summed E-state index contributed by atoms with van der Waals surface area (Å²) in [6.45, 7) is 0. The summed E-state index contributed by atoms with van der Waals surface area (Å²) in [5, 5.41) is 0. The fourth-order valence-corrected chi connectivity index (χ4v) is 2.44. The van der Waals surface area contributed by atoms with Crippen LogP contribution in [0.25, 0.3) is 22.5 Å². The van der Waals surface area contributed by atoms with Crippen LogP contribution in [0.1, 0.15) is 0 Å². The Kier molecular flexibility index (Phi) is 6.25. The van der Waals surface area contributed by atoms with Crippen LogP contribution in [0.4, 0.5) is 4.39 Å². The number of rotatable bonds is 3. The minimum atomic E-state index is -4.41. The molecular formula is C18H19FN2O4S. The van der Waals surface area contributed by atoms with E-state index in [2.05, 4.69) is 16.3 Å².